The Labute approximate surface area is 97.7 Å². The van der Waals surface area contributed by atoms with Gasteiger partial charge in [0.1, 0.15) is 11.5 Å². The van der Waals surface area contributed by atoms with Crippen LogP contribution in [0.3, 0.4) is 0 Å². The second kappa shape index (κ2) is 5.93. The smallest absolute Gasteiger partial charge is 0.305 e. The number of hydrogen-bond donors (Lipinski definition) is 2. The van der Waals surface area contributed by atoms with Gasteiger partial charge in [-0.1, -0.05) is 6.92 Å². The molecule has 5 nitrogen and oxygen atoms in total. The average Bonchev–Trinajstić information content (AvgIpc) is 2.28. The molecule has 1 amide bonds. The monoisotopic (exact) mass is 240 g/mol. The minimum Gasteiger partial charge on any atom is -0.481 e. The molecule has 1 unspecified atom stereocenters. The topological polar surface area (TPSA) is 79.3 Å². The number of amides is 1. The number of rotatable bonds is 5. The molecule has 1 rings (SSSR count). The first-order chi connectivity index (χ1) is 8.02. The van der Waals surface area contributed by atoms with Crippen molar-refractivity contribution in [1.29, 1.82) is 0 Å². The highest BCUT2D eigenvalue weighted by Crippen LogP contribution is 2.02. The number of carbonyl (C=O) groups is 2. The number of nitrogens with one attached hydrogen (secondary N) is 1. The zero-order valence-corrected chi connectivity index (χ0v) is 9.31. The summed E-state index contributed by atoms with van der Waals surface area (Å²) in [5.74, 6) is -2.01. The molecule has 0 aliphatic rings. The van der Waals surface area contributed by atoms with Crippen LogP contribution in [0.25, 0.3) is 0 Å². The Morgan fingerprint density at radius 2 is 2.24 bits per heavy atom. The van der Waals surface area contributed by atoms with Gasteiger partial charge >= 0.3 is 5.97 Å². The van der Waals surface area contributed by atoms with E-state index in [1.165, 1.54) is 6.07 Å². The Balaban J connectivity index is 2.64. The molecule has 0 aromatic carbocycles. The second-order valence-corrected chi connectivity index (χ2v) is 3.54. The summed E-state index contributed by atoms with van der Waals surface area (Å²) >= 11 is 0. The fourth-order valence-corrected chi connectivity index (χ4v) is 1.28. The summed E-state index contributed by atoms with van der Waals surface area (Å²) < 4.78 is 12.6. The average molecular weight is 240 g/mol. The van der Waals surface area contributed by atoms with E-state index in [-0.39, 0.29) is 12.1 Å². The van der Waals surface area contributed by atoms with E-state index in [0.29, 0.717) is 6.42 Å². The molecule has 0 saturated carbocycles. The third-order valence-electron chi connectivity index (χ3n) is 2.21. The zero-order valence-electron chi connectivity index (χ0n) is 9.31. The van der Waals surface area contributed by atoms with Crippen molar-refractivity contribution in [2.45, 2.75) is 25.8 Å². The van der Waals surface area contributed by atoms with E-state index >= 15 is 0 Å². The molecule has 0 spiro atoms. The van der Waals surface area contributed by atoms with Crippen LogP contribution < -0.4 is 5.32 Å². The van der Waals surface area contributed by atoms with Crippen molar-refractivity contribution >= 4 is 11.9 Å². The number of hydrogen-bond acceptors (Lipinski definition) is 3. The number of carboxylic acids is 1. The number of halogens is 1. The molecule has 6 heteroatoms. The van der Waals surface area contributed by atoms with Crippen LogP contribution in [0.1, 0.15) is 30.3 Å². The maximum atomic E-state index is 12.6. The van der Waals surface area contributed by atoms with E-state index in [1.807, 2.05) is 0 Å². The predicted molar refractivity (Wildman–Crippen MR) is 58.0 cm³/mol. The van der Waals surface area contributed by atoms with Crippen molar-refractivity contribution < 1.29 is 19.1 Å². The van der Waals surface area contributed by atoms with Gasteiger partial charge in [-0.05, 0) is 18.6 Å². The van der Waals surface area contributed by atoms with Gasteiger partial charge in [-0.25, -0.2) is 9.37 Å². The maximum absolute atomic E-state index is 12.6. The molecule has 0 radical (unpaired) electrons. The third kappa shape index (κ3) is 4.18. The summed E-state index contributed by atoms with van der Waals surface area (Å²) in [6.45, 7) is 1.77. The normalized spacial score (nSPS) is 11.9. The predicted octanol–water partition coefficient (Wildman–Crippen LogP) is 1.20. The minimum absolute atomic E-state index is 0.0650. The van der Waals surface area contributed by atoms with Gasteiger partial charge in [0.15, 0.2) is 0 Å². The van der Waals surface area contributed by atoms with E-state index in [0.717, 1.165) is 12.3 Å². The molecule has 0 bridgehead atoms. The Morgan fingerprint density at radius 3 is 2.71 bits per heavy atom. The molecule has 92 valence electrons. The van der Waals surface area contributed by atoms with Crippen molar-refractivity contribution in [3.05, 3.63) is 29.8 Å². The number of pyridine rings is 1. The number of carboxylic acid groups (broad SMARTS) is 1. The first-order valence-electron chi connectivity index (χ1n) is 5.17. The zero-order chi connectivity index (χ0) is 12.8. The first kappa shape index (κ1) is 13.1. The molecule has 0 saturated heterocycles. The summed E-state index contributed by atoms with van der Waals surface area (Å²) in [6.07, 6.45) is 1.29. The number of carbonyl (C=O) groups excluding carboxylic acids is 1. The van der Waals surface area contributed by atoms with Crippen LogP contribution in [0.15, 0.2) is 18.3 Å². The van der Waals surface area contributed by atoms with Gasteiger partial charge in [0.25, 0.3) is 5.91 Å². The molecule has 1 aromatic heterocycles. The first-order valence-corrected chi connectivity index (χ1v) is 5.17. The fourth-order valence-electron chi connectivity index (χ4n) is 1.28. The van der Waals surface area contributed by atoms with E-state index in [1.54, 1.807) is 6.92 Å². The lowest BCUT2D eigenvalue weighted by Gasteiger charge is -2.14. The standard InChI is InChI=1S/C11H13FN2O3/c1-2-8(5-10(15)16)14-11(17)9-4-3-7(12)6-13-9/h3-4,6,8H,2,5H2,1H3,(H,14,17)(H,15,16). The maximum Gasteiger partial charge on any atom is 0.305 e. The number of aliphatic carboxylic acids is 1. The Morgan fingerprint density at radius 1 is 1.53 bits per heavy atom. The van der Waals surface area contributed by atoms with Crippen LogP contribution in [0.5, 0.6) is 0 Å². The van der Waals surface area contributed by atoms with Gasteiger partial charge < -0.3 is 10.4 Å². The largest absolute Gasteiger partial charge is 0.481 e. The minimum atomic E-state index is -0.982. The Kier molecular flexibility index (Phi) is 4.56. The van der Waals surface area contributed by atoms with Crippen LogP contribution in [-0.2, 0) is 4.79 Å². The van der Waals surface area contributed by atoms with Crippen molar-refractivity contribution in [1.82, 2.24) is 10.3 Å². The van der Waals surface area contributed by atoms with Crippen molar-refractivity contribution in [3.8, 4) is 0 Å². The van der Waals surface area contributed by atoms with Crippen LogP contribution in [0, 0.1) is 5.82 Å². The van der Waals surface area contributed by atoms with Crippen LogP contribution >= 0.6 is 0 Å². The lowest BCUT2D eigenvalue weighted by atomic mass is 10.1. The van der Waals surface area contributed by atoms with E-state index in [9.17, 15) is 14.0 Å². The van der Waals surface area contributed by atoms with Crippen molar-refractivity contribution in [2.24, 2.45) is 0 Å². The van der Waals surface area contributed by atoms with Crippen molar-refractivity contribution in [3.63, 3.8) is 0 Å². The van der Waals surface area contributed by atoms with Crippen LogP contribution in [-0.4, -0.2) is 28.0 Å². The molecule has 1 aromatic rings. The molecule has 1 atom stereocenters. The summed E-state index contributed by atoms with van der Waals surface area (Å²) in [5, 5.41) is 11.1. The third-order valence-corrected chi connectivity index (χ3v) is 2.21. The summed E-state index contributed by atoms with van der Waals surface area (Å²) in [4.78, 5) is 25.7. The van der Waals surface area contributed by atoms with Crippen LogP contribution in [0.4, 0.5) is 4.39 Å². The highest BCUT2D eigenvalue weighted by Gasteiger charge is 2.15. The SMILES string of the molecule is CCC(CC(=O)O)NC(=O)c1ccc(F)cn1. The molecular formula is C11H13FN2O3. The molecule has 1 heterocycles. The quantitative estimate of drug-likeness (QED) is 0.810. The van der Waals surface area contributed by atoms with E-state index < -0.39 is 23.7 Å². The Bertz CT molecular complexity index is 406. The molecular weight excluding hydrogens is 227 g/mol. The lowest BCUT2D eigenvalue weighted by Crippen LogP contribution is -2.36. The van der Waals surface area contributed by atoms with Gasteiger partial charge in [-0.2, -0.15) is 0 Å². The van der Waals surface area contributed by atoms with Gasteiger partial charge in [-0.3, -0.25) is 9.59 Å². The highest BCUT2D eigenvalue weighted by molar-refractivity contribution is 5.92. The highest BCUT2D eigenvalue weighted by atomic mass is 19.1. The molecule has 2 N–H and O–H groups in total. The number of aromatic nitrogens is 1. The van der Waals surface area contributed by atoms with Gasteiger partial charge in [-0.15, -0.1) is 0 Å². The lowest BCUT2D eigenvalue weighted by molar-refractivity contribution is -0.137. The number of nitrogens with zero attached hydrogens (tertiary/aromatic N) is 1. The summed E-state index contributed by atoms with van der Waals surface area (Å²) in [7, 11) is 0. The Hall–Kier alpha value is -1.98. The molecule has 0 fully saturated rings. The van der Waals surface area contributed by atoms with Crippen LogP contribution in [0.2, 0.25) is 0 Å². The molecule has 0 aliphatic heterocycles. The summed E-state index contributed by atoms with van der Waals surface area (Å²) in [5.41, 5.74) is 0.0650. The van der Waals surface area contributed by atoms with Gasteiger partial charge in [0.05, 0.1) is 12.6 Å². The van der Waals surface area contributed by atoms with E-state index in [4.69, 9.17) is 5.11 Å². The van der Waals surface area contributed by atoms with Crippen molar-refractivity contribution in [2.75, 3.05) is 0 Å². The van der Waals surface area contributed by atoms with Gasteiger partial charge in [0, 0.05) is 6.04 Å². The molecule has 17 heavy (non-hydrogen) atoms. The van der Waals surface area contributed by atoms with E-state index in [2.05, 4.69) is 10.3 Å². The second-order valence-electron chi connectivity index (χ2n) is 3.54. The van der Waals surface area contributed by atoms with Gasteiger partial charge in [0.2, 0.25) is 0 Å². The fraction of sp³-hybridized carbons (Fsp3) is 0.364. The summed E-state index contributed by atoms with van der Waals surface area (Å²) in [6, 6.07) is 1.92. The molecule has 0 aliphatic carbocycles.